The minimum atomic E-state index is 0.0793. The van der Waals surface area contributed by atoms with Crippen molar-refractivity contribution in [3.05, 3.63) is 35.4 Å². The van der Waals surface area contributed by atoms with E-state index in [1.807, 2.05) is 0 Å². The highest BCUT2D eigenvalue weighted by molar-refractivity contribution is 6.21. The first-order valence-corrected chi connectivity index (χ1v) is 7.36. The van der Waals surface area contributed by atoms with Gasteiger partial charge in [-0.1, -0.05) is 38.1 Å². The van der Waals surface area contributed by atoms with E-state index in [2.05, 4.69) is 45.0 Å². The molecule has 1 aliphatic rings. The Hall–Kier alpha value is -0.530. The number of hydrogen-bond acceptors (Lipinski definition) is 1. The zero-order valence-electron chi connectivity index (χ0n) is 11.5. The number of halogens is 1. The largest absolute Gasteiger partial charge is 0.378 e. The number of hydrogen-bond donors (Lipinski definition) is 0. The molecule has 1 nitrogen and oxygen atoms in total. The van der Waals surface area contributed by atoms with Gasteiger partial charge in [0.15, 0.2) is 0 Å². The van der Waals surface area contributed by atoms with Crippen LogP contribution in [-0.2, 0) is 11.2 Å². The van der Waals surface area contributed by atoms with Crippen molar-refractivity contribution in [3.8, 4) is 0 Å². The molecule has 0 saturated carbocycles. The maximum absolute atomic E-state index is 6.59. The molecule has 1 aliphatic heterocycles. The summed E-state index contributed by atoms with van der Waals surface area (Å²) in [6, 6.07) is 8.79. The second kappa shape index (κ2) is 6.08. The predicted octanol–water partition coefficient (Wildman–Crippen LogP) is 4.59. The Morgan fingerprint density at radius 2 is 1.94 bits per heavy atom. The minimum Gasteiger partial charge on any atom is -0.378 e. The molecule has 3 atom stereocenters. The van der Waals surface area contributed by atoms with Gasteiger partial charge >= 0.3 is 0 Å². The molecule has 0 amide bonds. The van der Waals surface area contributed by atoms with E-state index in [1.54, 1.807) is 0 Å². The van der Waals surface area contributed by atoms with Crippen molar-refractivity contribution in [3.63, 3.8) is 0 Å². The van der Waals surface area contributed by atoms with Gasteiger partial charge < -0.3 is 4.74 Å². The second-order valence-corrected chi connectivity index (χ2v) is 6.24. The van der Waals surface area contributed by atoms with Crippen LogP contribution in [0.15, 0.2) is 24.3 Å². The first-order chi connectivity index (χ1) is 8.58. The van der Waals surface area contributed by atoms with E-state index < -0.39 is 0 Å². The van der Waals surface area contributed by atoms with Crippen LogP contribution in [0.2, 0.25) is 0 Å². The third-order valence-corrected chi connectivity index (χ3v) is 4.33. The molecule has 1 saturated heterocycles. The first kappa shape index (κ1) is 13.9. The Morgan fingerprint density at radius 1 is 1.28 bits per heavy atom. The van der Waals surface area contributed by atoms with Gasteiger partial charge in [-0.05, 0) is 36.8 Å². The van der Waals surface area contributed by atoms with E-state index in [0.29, 0.717) is 11.8 Å². The van der Waals surface area contributed by atoms with Gasteiger partial charge in [-0.15, -0.1) is 11.6 Å². The maximum Gasteiger partial charge on any atom is 0.0638 e. The first-order valence-electron chi connectivity index (χ1n) is 6.92. The Morgan fingerprint density at radius 3 is 2.44 bits per heavy atom. The normalized spacial score (nSPS) is 25.6. The van der Waals surface area contributed by atoms with Crippen LogP contribution in [0.5, 0.6) is 0 Å². The van der Waals surface area contributed by atoms with Gasteiger partial charge in [0.05, 0.1) is 11.5 Å². The topological polar surface area (TPSA) is 9.23 Å². The van der Waals surface area contributed by atoms with Gasteiger partial charge in [0, 0.05) is 12.5 Å². The molecule has 1 aromatic rings. The number of ether oxygens (including phenoxy) is 1. The second-order valence-electron chi connectivity index (χ2n) is 5.77. The van der Waals surface area contributed by atoms with E-state index in [4.69, 9.17) is 16.3 Å². The third-order valence-electron chi connectivity index (χ3n) is 3.75. The molecule has 3 unspecified atom stereocenters. The van der Waals surface area contributed by atoms with Crippen molar-refractivity contribution in [2.75, 3.05) is 6.61 Å². The van der Waals surface area contributed by atoms with Gasteiger partial charge in [0.2, 0.25) is 0 Å². The van der Waals surface area contributed by atoms with Gasteiger partial charge in [-0.25, -0.2) is 0 Å². The lowest BCUT2D eigenvalue weighted by Crippen LogP contribution is -2.16. The molecule has 1 aromatic carbocycles. The molecule has 2 rings (SSSR count). The zero-order valence-corrected chi connectivity index (χ0v) is 12.3. The smallest absolute Gasteiger partial charge is 0.0638 e. The van der Waals surface area contributed by atoms with Gasteiger partial charge in [-0.3, -0.25) is 0 Å². The summed E-state index contributed by atoms with van der Waals surface area (Å²) in [5.41, 5.74) is 2.62. The molecule has 0 radical (unpaired) electrons. The Balaban J connectivity index is 2.04. The monoisotopic (exact) mass is 266 g/mol. The van der Waals surface area contributed by atoms with Gasteiger partial charge in [-0.2, -0.15) is 0 Å². The quantitative estimate of drug-likeness (QED) is 0.725. The standard InChI is InChI=1S/C16H23ClO/c1-11(2)10-13-4-6-14(7-5-13)16(17)15-8-9-18-12(15)3/h4-7,11-12,15-16H,8-10H2,1-3H3. The molecule has 0 bridgehead atoms. The van der Waals surface area contributed by atoms with Crippen LogP contribution in [0, 0.1) is 11.8 Å². The molecule has 0 aliphatic carbocycles. The SMILES string of the molecule is CC(C)Cc1ccc(C(Cl)C2CCOC2C)cc1. The van der Waals surface area contributed by atoms with Crippen LogP contribution in [0.1, 0.15) is 43.7 Å². The summed E-state index contributed by atoms with van der Waals surface area (Å²) in [7, 11) is 0. The molecular formula is C16H23ClO. The van der Waals surface area contributed by atoms with E-state index in [-0.39, 0.29) is 11.5 Å². The molecule has 2 heteroatoms. The lowest BCUT2D eigenvalue weighted by molar-refractivity contribution is 0.105. The average molecular weight is 267 g/mol. The highest BCUT2D eigenvalue weighted by atomic mass is 35.5. The van der Waals surface area contributed by atoms with Crippen molar-refractivity contribution >= 4 is 11.6 Å². The van der Waals surface area contributed by atoms with Crippen LogP contribution in [0.25, 0.3) is 0 Å². The summed E-state index contributed by atoms with van der Waals surface area (Å²) in [4.78, 5) is 0. The van der Waals surface area contributed by atoms with Crippen molar-refractivity contribution < 1.29 is 4.74 Å². The number of alkyl halides is 1. The molecule has 1 heterocycles. The van der Waals surface area contributed by atoms with E-state index in [1.165, 1.54) is 11.1 Å². The Kier molecular flexibility index (Phi) is 4.69. The fraction of sp³-hybridized carbons (Fsp3) is 0.625. The van der Waals surface area contributed by atoms with E-state index >= 15 is 0 Å². The maximum atomic E-state index is 6.59. The fourth-order valence-corrected chi connectivity index (χ4v) is 3.17. The van der Waals surface area contributed by atoms with Crippen LogP contribution >= 0.6 is 11.6 Å². The van der Waals surface area contributed by atoms with Crippen molar-refractivity contribution in [1.82, 2.24) is 0 Å². The summed E-state index contributed by atoms with van der Waals surface area (Å²) in [6.07, 6.45) is 2.49. The summed E-state index contributed by atoms with van der Waals surface area (Å²) in [5, 5.41) is 0.0793. The molecule has 0 spiro atoms. The van der Waals surface area contributed by atoms with Crippen LogP contribution in [0.3, 0.4) is 0 Å². The Labute approximate surface area is 115 Å². The van der Waals surface area contributed by atoms with E-state index in [0.717, 1.165) is 19.4 Å². The number of rotatable bonds is 4. The molecule has 0 N–H and O–H groups in total. The van der Waals surface area contributed by atoms with Crippen LogP contribution in [-0.4, -0.2) is 12.7 Å². The highest BCUT2D eigenvalue weighted by Crippen LogP contribution is 2.37. The van der Waals surface area contributed by atoms with Crippen LogP contribution < -0.4 is 0 Å². The lowest BCUT2D eigenvalue weighted by atomic mass is 9.92. The van der Waals surface area contributed by atoms with Gasteiger partial charge in [0.25, 0.3) is 0 Å². The number of benzene rings is 1. The van der Waals surface area contributed by atoms with E-state index in [9.17, 15) is 0 Å². The minimum absolute atomic E-state index is 0.0793. The zero-order chi connectivity index (χ0) is 13.1. The van der Waals surface area contributed by atoms with Gasteiger partial charge in [0.1, 0.15) is 0 Å². The molecule has 100 valence electrons. The summed E-state index contributed by atoms with van der Waals surface area (Å²) in [6.45, 7) is 7.46. The summed E-state index contributed by atoms with van der Waals surface area (Å²) < 4.78 is 5.60. The Bertz CT molecular complexity index is 371. The van der Waals surface area contributed by atoms with Crippen molar-refractivity contribution in [1.29, 1.82) is 0 Å². The van der Waals surface area contributed by atoms with Crippen molar-refractivity contribution in [2.45, 2.75) is 45.1 Å². The van der Waals surface area contributed by atoms with Crippen LogP contribution in [0.4, 0.5) is 0 Å². The summed E-state index contributed by atoms with van der Waals surface area (Å²) >= 11 is 6.59. The van der Waals surface area contributed by atoms with Crippen molar-refractivity contribution in [2.24, 2.45) is 11.8 Å². The molecule has 1 fully saturated rings. The lowest BCUT2D eigenvalue weighted by Gasteiger charge is -2.20. The average Bonchev–Trinajstić information content (AvgIpc) is 2.75. The third kappa shape index (κ3) is 3.27. The highest BCUT2D eigenvalue weighted by Gasteiger charge is 2.31. The molecular weight excluding hydrogens is 244 g/mol. The molecule has 0 aromatic heterocycles. The summed E-state index contributed by atoms with van der Waals surface area (Å²) in [5.74, 6) is 1.15. The predicted molar refractivity (Wildman–Crippen MR) is 77.1 cm³/mol. The molecule has 18 heavy (non-hydrogen) atoms. The fourth-order valence-electron chi connectivity index (χ4n) is 2.69.